The Hall–Kier alpha value is -2.87. The quantitative estimate of drug-likeness (QED) is 0.752. The van der Waals surface area contributed by atoms with E-state index >= 15 is 0 Å². The smallest absolute Gasteiger partial charge is 0.267 e. The fraction of sp³-hybridized carbons (Fsp3) is 0.133. The Balaban J connectivity index is 1.72. The van der Waals surface area contributed by atoms with Crippen LogP contribution >= 0.6 is 11.3 Å². The fourth-order valence-electron chi connectivity index (χ4n) is 1.96. The lowest BCUT2D eigenvalue weighted by Gasteiger charge is -2.05. The molecule has 0 aromatic carbocycles. The van der Waals surface area contributed by atoms with Crippen molar-refractivity contribution in [2.24, 2.45) is 0 Å². The Morgan fingerprint density at radius 2 is 2.17 bits per heavy atom. The average molecular weight is 330 g/mol. The Labute approximate surface area is 135 Å². The minimum absolute atomic E-state index is 0.293. The number of nitrogens with one attached hydrogen (secondary N) is 2. The highest BCUT2D eigenvalue weighted by molar-refractivity contribution is 7.12. The number of amides is 2. The predicted molar refractivity (Wildman–Crippen MR) is 86.8 cm³/mol. The molecule has 0 saturated carbocycles. The largest absolute Gasteiger partial charge is 0.472 e. The topological polar surface area (TPSA) is 89.2 Å². The van der Waals surface area contributed by atoms with Crippen molar-refractivity contribution in [1.29, 1.82) is 0 Å². The van der Waals surface area contributed by atoms with Gasteiger partial charge in [-0.1, -0.05) is 0 Å². The molecule has 2 amide bonds. The summed E-state index contributed by atoms with van der Waals surface area (Å²) in [5.41, 5.74) is 1.46. The highest BCUT2D eigenvalue weighted by Crippen LogP contribution is 2.24. The summed E-state index contributed by atoms with van der Waals surface area (Å²) in [6.07, 6.45) is 6.09. The first-order chi connectivity index (χ1) is 11.2. The number of aryl methyl sites for hydroxylation is 1. The second-order valence-corrected chi connectivity index (χ2v) is 5.58. The van der Waals surface area contributed by atoms with Crippen molar-refractivity contribution in [3.05, 3.63) is 52.9 Å². The van der Waals surface area contributed by atoms with Gasteiger partial charge in [-0.3, -0.25) is 14.3 Å². The molecular formula is C15H14N4O3S. The number of hydrogen-bond donors (Lipinski definition) is 2. The maximum absolute atomic E-state index is 12.4. The van der Waals surface area contributed by atoms with Crippen molar-refractivity contribution in [2.45, 2.75) is 13.5 Å². The number of furan rings is 1. The molecule has 23 heavy (non-hydrogen) atoms. The molecule has 118 valence electrons. The normalized spacial score (nSPS) is 10.5. The first kappa shape index (κ1) is 15.0. The van der Waals surface area contributed by atoms with Crippen molar-refractivity contribution in [3.8, 4) is 0 Å². The fourth-order valence-corrected chi connectivity index (χ4v) is 2.70. The van der Waals surface area contributed by atoms with Crippen molar-refractivity contribution in [1.82, 2.24) is 9.78 Å². The van der Waals surface area contributed by atoms with Crippen LogP contribution in [-0.4, -0.2) is 21.6 Å². The van der Waals surface area contributed by atoms with Gasteiger partial charge in [-0.2, -0.15) is 5.10 Å². The van der Waals surface area contributed by atoms with Gasteiger partial charge in [0, 0.05) is 12.7 Å². The molecule has 0 unspecified atom stereocenters. The van der Waals surface area contributed by atoms with Crippen LogP contribution in [0.3, 0.4) is 0 Å². The summed E-state index contributed by atoms with van der Waals surface area (Å²) in [5, 5.41) is 11.3. The number of carbonyl (C=O) groups excluding carboxylic acids is 2. The van der Waals surface area contributed by atoms with Gasteiger partial charge in [0.2, 0.25) is 0 Å². The lowest BCUT2D eigenvalue weighted by molar-refractivity contribution is 0.102. The first-order valence-corrected chi connectivity index (χ1v) is 7.80. The van der Waals surface area contributed by atoms with E-state index in [0.29, 0.717) is 21.8 Å². The second-order valence-electron chi connectivity index (χ2n) is 4.67. The highest BCUT2D eigenvalue weighted by Gasteiger charge is 2.17. The van der Waals surface area contributed by atoms with Crippen molar-refractivity contribution < 1.29 is 14.0 Å². The second kappa shape index (κ2) is 6.49. The van der Waals surface area contributed by atoms with Crippen LogP contribution in [-0.2, 0) is 6.54 Å². The van der Waals surface area contributed by atoms with Gasteiger partial charge in [0.25, 0.3) is 11.8 Å². The van der Waals surface area contributed by atoms with Crippen LogP contribution in [0.1, 0.15) is 27.0 Å². The molecule has 0 spiro atoms. The molecule has 3 heterocycles. The maximum atomic E-state index is 12.4. The van der Waals surface area contributed by atoms with E-state index in [4.69, 9.17) is 4.42 Å². The van der Waals surface area contributed by atoms with Gasteiger partial charge in [-0.15, -0.1) is 11.3 Å². The van der Waals surface area contributed by atoms with Crippen molar-refractivity contribution >= 4 is 34.5 Å². The molecule has 3 rings (SSSR count). The monoisotopic (exact) mass is 330 g/mol. The van der Waals surface area contributed by atoms with E-state index in [0.717, 1.165) is 6.54 Å². The third-order valence-electron chi connectivity index (χ3n) is 3.12. The zero-order valence-corrected chi connectivity index (χ0v) is 13.1. The summed E-state index contributed by atoms with van der Waals surface area (Å²) in [5.74, 6) is -0.622. The van der Waals surface area contributed by atoms with Crippen LogP contribution in [0.5, 0.6) is 0 Å². The van der Waals surface area contributed by atoms with E-state index in [1.165, 1.54) is 23.9 Å². The zero-order valence-electron chi connectivity index (χ0n) is 12.3. The van der Waals surface area contributed by atoms with E-state index in [-0.39, 0.29) is 11.8 Å². The van der Waals surface area contributed by atoms with Crippen LogP contribution in [0.2, 0.25) is 0 Å². The molecule has 0 aliphatic rings. The van der Waals surface area contributed by atoms with E-state index in [1.54, 1.807) is 34.6 Å². The number of thiophene rings is 1. The van der Waals surface area contributed by atoms with Gasteiger partial charge in [0.05, 0.1) is 29.4 Å². The lowest BCUT2D eigenvalue weighted by Crippen LogP contribution is -2.16. The SMILES string of the molecule is CCn1cc(NC(=O)c2sccc2NC(=O)c2ccoc2)cn1. The van der Waals surface area contributed by atoms with Gasteiger partial charge in [0.15, 0.2) is 0 Å². The number of anilines is 2. The van der Waals surface area contributed by atoms with Crippen LogP contribution in [0.4, 0.5) is 11.4 Å². The Bertz CT molecular complexity index is 820. The van der Waals surface area contributed by atoms with Gasteiger partial charge in [-0.05, 0) is 24.4 Å². The third-order valence-corrected chi connectivity index (χ3v) is 4.03. The maximum Gasteiger partial charge on any atom is 0.267 e. The summed E-state index contributed by atoms with van der Waals surface area (Å²) >= 11 is 1.25. The molecular weight excluding hydrogens is 316 g/mol. The summed E-state index contributed by atoms with van der Waals surface area (Å²) < 4.78 is 6.59. The van der Waals surface area contributed by atoms with Crippen LogP contribution < -0.4 is 10.6 Å². The molecule has 0 bridgehead atoms. The Morgan fingerprint density at radius 1 is 1.30 bits per heavy atom. The highest BCUT2D eigenvalue weighted by atomic mass is 32.1. The molecule has 8 heteroatoms. The van der Waals surface area contributed by atoms with Crippen LogP contribution in [0, 0.1) is 0 Å². The summed E-state index contributed by atoms with van der Waals surface area (Å²) in [6.45, 7) is 2.68. The van der Waals surface area contributed by atoms with Gasteiger partial charge in [-0.25, -0.2) is 0 Å². The van der Waals surface area contributed by atoms with E-state index in [1.807, 2.05) is 6.92 Å². The molecule has 0 saturated heterocycles. The van der Waals surface area contributed by atoms with Gasteiger partial charge >= 0.3 is 0 Å². The lowest BCUT2D eigenvalue weighted by atomic mass is 10.3. The predicted octanol–water partition coefficient (Wildman–Crippen LogP) is 3.06. The standard InChI is InChI=1S/C15H14N4O3S/c1-2-19-8-11(7-16-19)17-15(21)13-12(4-6-23-13)18-14(20)10-3-5-22-9-10/h3-9H,2H2,1H3,(H,17,21)(H,18,20). The van der Waals surface area contributed by atoms with Gasteiger partial charge < -0.3 is 15.1 Å². The third kappa shape index (κ3) is 3.32. The van der Waals surface area contributed by atoms with E-state index in [9.17, 15) is 9.59 Å². The molecule has 0 fully saturated rings. The molecule has 3 aromatic heterocycles. The summed E-state index contributed by atoms with van der Waals surface area (Å²) in [4.78, 5) is 24.8. The van der Waals surface area contributed by atoms with Crippen molar-refractivity contribution in [3.63, 3.8) is 0 Å². The van der Waals surface area contributed by atoms with E-state index < -0.39 is 0 Å². The van der Waals surface area contributed by atoms with Crippen LogP contribution in [0.15, 0.2) is 46.8 Å². The number of nitrogens with zero attached hydrogens (tertiary/aromatic N) is 2. The number of carbonyl (C=O) groups is 2. The summed E-state index contributed by atoms with van der Waals surface area (Å²) in [6, 6.07) is 3.24. The first-order valence-electron chi connectivity index (χ1n) is 6.92. The molecule has 0 radical (unpaired) electrons. The minimum Gasteiger partial charge on any atom is -0.472 e. The molecule has 0 aliphatic carbocycles. The van der Waals surface area contributed by atoms with Crippen molar-refractivity contribution in [2.75, 3.05) is 10.6 Å². The molecule has 3 aromatic rings. The minimum atomic E-state index is -0.329. The zero-order chi connectivity index (χ0) is 16.2. The average Bonchev–Trinajstić information content (AvgIpc) is 3.28. The Kier molecular flexibility index (Phi) is 4.24. The van der Waals surface area contributed by atoms with E-state index in [2.05, 4.69) is 15.7 Å². The number of aromatic nitrogens is 2. The molecule has 7 nitrogen and oxygen atoms in total. The summed E-state index contributed by atoms with van der Waals surface area (Å²) in [7, 11) is 0. The molecule has 2 N–H and O–H groups in total. The van der Waals surface area contributed by atoms with Gasteiger partial charge in [0.1, 0.15) is 11.1 Å². The molecule has 0 atom stereocenters. The van der Waals surface area contributed by atoms with Crippen LogP contribution in [0.25, 0.3) is 0 Å². The number of hydrogen-bond acceptors (Lipinski definition) is 5. The Morgan fingerprint density at radius 3 is 2.87 bits per heavy atom. The number of rotatable bonds is 5. The molecule has 0 aliphatic heterocycles.